The fourth-order valence-corrected chi connectivity index (χ4v) is 2.84. The number of amides is 1. The van der Waals surface area contributed by atoms with Crippen molar-refractivity contribution in [2.75, 3.05) is 5.32 Å². The predicted molar refractivity (Wildman–Crippen MR) is 100 cm³/mol. The summed E-state index contributed by atoms with van der Waals surface area (Å²) in [5, 5.41) is 10.4. The molecule has 8 nitrogen and oxygen atoms in total. The number of aromatic nitrogens is 6. The van der Waals surface area contributed by atoms with E-state index in [1.807, 2.05) is 0 Å². The fraction of sp³-hybridized carbons (Fsp3) is 0.105. The summed E-state index contributed by atoms with van der Waals surface area (Å²) >= 11 is 0. The Morgan fingerprint density at radius 3 is 2.48 bits per heavy atom. The molecule has 2 heterocycles. The Balaban J connectivity index is 1.68. The molecule has 0 saturated heterocycles. The van der Waals surface area contributed by atoms with Crippen molar-refractivity contribution in [2.24, 2.45) is 0 Å². The summed E-state index contributed by atoms with van der Waals surface area (Å²) < 4.78 is 55.2. The van der Waals surface area contributed by atoms with E-state index in [0.29, 0.717) is 11.5 Å². The summed E-state index contributed by atoms with van der Waals surface area (Å²) in [6.45, 7) is 1.58. The van der Waals surface area contributed by atoms with Gasteiger partial charge in [0.05, 0.1) is 22.6 Å². The van der Waals surface area contributed by atoms with Gasteiger partial charge >= 0.3 is 6.18 Å². The van der Waals surface area contributed by atoms with E-state index >= 15 is 0 Å². The molecule has 0 saturated carbocycles. The van der Waals surface area contributed by atoms with Gasteiger partial charge in [-0.25, -0.2) is 23.7 Å². The minimum atomic E-state index is -4.61. The highest BCUT2D eigenvalue weighted by atomic mass is 19.4. The van der Waals surface area contributed by atoms with Crippen LogP contribution in [-0.4, -0.2) is 35.4 Å². The van der Waals surface area contributed by atoms with E-state index in [1.54, 1.807) is 6.92 Å². The van der Waals surface area contributed by atoms with Crippen molar-refractivity contribution in [1.29, 1.82) is 0 Å². The molecule has 31 heavy (non-hydrogen) atoms. The number of halogens is 4. The molecule has 4 rings (SSSR count). The molecule has 0 aliphatic rings. The number of aryl methyl sites for hydroxylation is 1. The molecule has 1 N–H and O–H groups in total. The highest BCUT2D eigenvalue weighted by Crippen LogP contribution is 2.33. The number of rotatable bonds is 4. The molecule has 0 fully saturated rings. The maximum atomic E-state index is 13.2. The van der Waals surface area contributed by atoms with Gasteiger partial charge in [-0.05, 0) is 49.4 Å². The molecular formula is C19H13F4N7O. The number of hydrogen-bond donors (Lipinski definition) is 1. The van der Waals surface area contributed by atoms with Crippen LogP contribution >= 0.6 is 0 Å². The zero-order chi connectivity index (χ0) is 22.2. The molecule has 0 radical (unpaired) electrons. The zero-order valence-electron chi connectivity index (χ0n) is 15.8. The van der Waals surface area contributed by atoms with E-state index in [4.69, 9.17) is 0 Å². The van der Waals surface area contributed by atoms with Crippen LogP contribution in [0.15, 0.2) is 55.1 Å². The Bertz CT molecular complexity index is 1230. The molecule has 0 bridgehead atoms. The summed E-state index contributed by atoms with van der Waals surface area (Å²) in [6, 6.07) is 8.19. The van der Waals surface area contributed by atoms with Crippen molar-refractivity contribution < 1.29 is 22.4 Å². The third-order valence-electron chi connectivity index (χ3n) is 4.28. The average molecular weight is 431 g/mol. The number of nitrogens with zero attached hydrogens (tertiary/aromatic N) is 6. The minimum Gasteiger partial charge on any atom is -0.317 e. The van der Waals surface area contributed by atoms with E-state index in [2.05, 4.69) is 25.5 Å². The van der Waals surface area contributed by atoms with Gasteiger partial charge in [0, 0.05) is 0 Å². The number of anilines is 1. The molecule has 158 valence electrons. The predicted octanol–water partition coefficient (Wildman–Crippen LogP) is 3.57. The highest BCUT2D eigenvalue weighted by Gasteiger charge is 2.31. The molecule has 0 aliphatic heterocycles. The van der Waals surface area contributed by atoms with E-state index in [0.717, 1.165) is 12.1 Å². The molecule has 0 spiro atoms. The van der Waals surface area contributed by atoms with Crippen LogP contribution in [0, 0.1) is 12.7 Å². The van der Waals surface area contributed by atoms with Gasteiger partial charge in [0.25, 0.3) is 5.91 Å². The number of carbonyl (C=O) groups excluding carboxylic acids is 1. The average Bonchev–Trinajstić information content (AvgIpc) is 3.38. The molecular weight excluding hydrogens is 418 g/mol. The Labute approximate surface area is 172 Å². The molecule has 4 aromatic rings. The molecule has 0 atom stereocenters. The Morgan fingerprint density at radius 2 is 1.84 bits per heavy atom. The first-order valence-corrected chi connectivity index (χ1v) is 8.79. The molecule has 1 amide bonds. The lowest BCUT2D eigenvalue weighted by Gasteiger charge is -2.13. The van der Waals surface area contributed by atoms with Crippen molar-refractivity contribution in [1.82, 2.24) is 29.5 Å². The summed E-state index contributed by atoms with van der Waals surface area (Å²) in [5.74, 6) is -1.21. The maximum absolute atomic E-state index is 13.2. The van der Waals surface area contributed by atoms with Gasteiger partial charge in [0.1, 0.15) is 24.3 Å². The van der Waals surface area contributed by atoms with E-state index in [1.165, 1.54) is 52.4 Å². The third-order valence-corrected chi connectivity index (χ3v) is 4.28. The summed E-state index contributed by atoms with van der Waals surface area (Å²) in [4.78, 5) is 20.5. The molecule has 2 aromatic heterocycles. The standard InChI is InChI=1S/C19H13F4N7O/c1-11-26-17(28-30(11)14-5-3-13(20)4-6-14)18(31)27-15-8-12(19(21,22)23)2-7-16(15)29-10-24-9-25-29/h2-10H,1H3,(H,27,31). The first kappa shape index (κ1) is 20.2. The van der Waals surface area contributed by atoms with Gasteiger partial charge in [-0.3, -0.25) is 4.79 Å². The number of carbonyl (C=O) groups is 1. The van der Waals surface area contributed by atoms with Crippen molar-refractivity contribution in [3.63, 3.8) is 0 Å². The van der Waals surface area contributed by atoms with E-state index < -0.39 is 23.5 Å². The zero-order valence-corrected chi connectivity index (χ0v) is 15.8. The van der Waals surface area contributed by atoms with E-state index in [9.17, 15) is 22.4 Å². The summed E-state index contributed by atoms with van der Waals surface area (Å²) in [6.07, 6.45) is -2.12. The first-order chi connectivity index (χ1) is 14.7. The highest BCUT2D eigenvalue weighted by molar-refractivity contribution is 6.02. The first-order valence-electron chi connectivity index (χ1n) is 8.79. The Morgan fingerprint density at radius 1 is 1.10 bits per heavy atom. The van der Waals surface area contributed by atoms with Crippen molar-refractivity contribution in [3.8, 4) is 11.4 Å². The quantitative estimate of drug-likeness (QED) is 0.499. The normalized spacial score (nSPS) is 11.5. The number of hydrogen-bond acceptors (Lipinski definition) is 5. The molecule has 2 aromatic carbocycles. The Hall–Kier alpha value is -4.09. The topological polar surface area (TPSA) is 90.5 Å². The lowest BCUT2D eigenvalue weighted by Crippen LogP contribution is -2.17. The lowest BCUT2D eigenvalue weighted by molar-refractivity contribution is -0.137. The number of benzene rings is 2. The van der Waals surface area contributed by atoms with Crippen LogP contribution in [0.25, 0.3) is 11.4 Å². The van der Waals surface area contributed by atoms with Gasteiger partial charge in [-0.15, -0.1) is 5.10 Å². The van der Waals surface area contributed by atoms with Crippen LogP contribution in [0.5, 0.6) is 0 Å². The SMILES string of the molecule is Cc1nc(C(=O)Nc2cc(C(F)(F)F)ccc2-n2cncn2)nn1-c1ccc(F)cc1. The van der Waals surface area contributed by atoms with Crippen LogP contribution in [0.3, 0.4) is 0 Å². The van der Waals surface area contributed by atoms with Crippen molar-refractivity contribution in [2.45, 2.75) is 13.1 Å². The van der Waals surface area contributed by atoms with Gasteiger partial charge in [0.15, 0.2) is 0 Å². The van der Waals surface area contributed by atoms with Gasteiger partial charge in [-0.1, -0.05) is 0 Å². The van der Waals surface area contributed by atoms with Crippen LogP contribution in [-0.2, 0) is 6.18 Å². The van der Waals surface area contributed by atoms with Gasteiger partial charge in [-0.2, -0.15) is 18.3 Å². The fourth-order valence-electron chi connectivity index (χ4n) is 2.84. The van der Waals surface area contributed by atoms with Crippen molar-refractivity contribution >= 4 is 11.6 Å². The van der Waals surface area contributed by atoms with Crippen LogP contribution in [0.4, 0.5) is 23.2 Å². The van der Waals surface area contributed by atoms with Crippen LogP contribution < -0.4 is 5.32 Å². The summed E-state index contributed by atoms with van der Waals surface area (Å²) in [5.41, 5.74) is -0.463. The van der Waals surface area contributed by atoms with Crippen molar-refractivity contribution in [3.05, 3.63) is 78.1 Å². The number of alkyl halides is 3. The second kappa shape index (κ2) is 7.63. The minimum absolute atomic E-state index is 0.152. The lowest BCUT2D eigenvalue weighted by atomic mass is 10.1. The van der Waals surface area contributed by atoms with Gasteiger partial charge < -0.3 is 5.32 Å². The molecule has 0 unspecified atom stereocenters. The largest absolute Gasteiger partial charge is 0.416 e. The summed E-state index contributed by atoms with van der Waals surface area (Å²) in [7, 11) is 0. The second-order valence-corrected chi connectivity index (χ2v) is 6.39. The third kappa shape index (κ3) is 4.13. The Kier molecular flexibility index (Phi) is 4.97. The monoisotopic (exact) mass is 431 g/mol. The number of nitrogens with one attached hydrogen (secondary N) is 1. The van der Waals surface area contributed by atoms with Crippen LogP contribution in [0.2, 0.25) is 0 Å². The van der Waals surface area contributed by atoms with Gasteiger partial charge in [0.2, 0.25) is 5.82 Å². The van der Waals surface area contributed by atoms with E-state index in [-0.39, 0.29) is 17.2 Å². The van der Waals surface area contributed by atoms with Crippen LogP contribution in [0.1, 0.15) is 22.0 Å². The molecule has 12 heteroatoms. The smallest absolute Gasteiger partial charge is 0.317 e. The second-order valence-electron chi connectivity index (χ2n) is 6.39. The molecule has 0 aliphatic carbocycles. The maximum Gasteiger partial charge on any atom is 0.416 e.